The van der Waals surface area contributed by atoms with Crippen molar-refractivity contribution in [1.29, 1.82) is 0 Å². The van der Waals surface area contributed by atoms with Crippen LogP contribution in [0.2, 0.25) is 18.6 Å². The monoisotopic (exact) mass is 555 g/mol. The average molecular weight is 556 g/mol. The zero-order valence-corrected chi connectivity index (χ0v) is 25.3. The van der Waals surface area contributed by atoms with E-state index in [-0.39, 0.29) is 36.4 Å². The zero-order valence-electron chi connectivity index (χ0n) is 24.3. The highest BCUT2D eigenvalue weighted by molar-refractivity contribution is 6.71. The summed E-state index contributed by atoms with van der Waals surface area (Å²) in [5.74, 6) is -0.439. The third-order valence-corrected chi connectivity index (χ3v) is 11.0. The number of carbonyl (C=O) groups excluding carboxylic acids is 2. The van der Waals surface area contributed by atoms with Crippen LogP contribution in [0.1, 0.15) is 52.5 Å². The van der Waals surface area contributed by atoms with Gasteiger partial charge in [0, 0.05) is 49.0 Å². The van der Waals surface area contributed by atoms with E-state index in [2.05, 4.69) is 38.2 Å². The highest BCUT2D eigenvalue weighted by atomic mass is 28.4. The van der Waals surface area contributed by atoms with Crippen molar-refractivity contribution in [3.63, 3.8) is 0 Å². The number of carbonyl (C=O) groups is 2. The van der Waals surface area contributed by atoms with E-state index in [0.717, 1.165) is 29.8 Å². The van der Waals surface area contributed by atoms with Crippen LogP contribution < -0.4 is 15.1 Å². The summed E-state index contributed by atoms with van der Waals surface area (Å²) in [5.41, 5.74) is 3.29. The maximum Gasteiger partial charge on any atom is 0.264 e. The Hall–Kier alpha value is -2.30. The Bertz CT molecular complexity index is 1160. The van der Waals surface area contributed by atoms with Gasteiger partial charge < -0.3 is 29.8 Å². The van der Waals surface area contributed by atoms with Crippen molar-refractivity contribution in [2.75, 3.05) is 42.6 Å². The molecule has 8 nitrogen and oxygen atoms in total. The Morgan fingerprint density at radius 2 is 1.97 bits per heavy atom. The number of amides is 2. The number of fused-ring (bicyclic) bond motifs is 2. The van der Waals surface area contributed by atoms with Gasteiger partial charge in [-0.1, -0.05) is 30.2 Å². The first-order valence-corrected chi connectivity index (χ1v) is 17.2. The van der Waals surface area contributed by atoms with Gasteiger partial charge in [0.1, 0.15) is 0 Å². The predicted molar refractivity (Wildman–Crippen MR) is 157 cm³/mol. The van der Waals surface area contributed by atoms with E-state index in [4.69, 9.17) is 4.74 Å². The van der Waals surface area contributed by atoms with Gasteiger partial charge in [0.05, 0.1) is 18.3 Å². The minimum absolute atomic E-state index is 0.00771. The number of benzene rings is 1. The van der Waals surface area contributed by atoms with E-state index in [0.29, 0.717) is 26.1 Å². The van der Waals surface area contributed by atoms with Gasteiger partial charge in [-0.25, -0.2) is 0 Å². The number of aliphatic hydroxyl groups is 1. The molecular formula is C30H45N3O5Si. The topological polar surface area (TPSA) is 102 Å². The smallest absolute Gasteiger partial charge is 0.264 e. The number of anilines is 2. The second kappa shape index (κ2) is 11.7. The van der Waals surface area contributed by atoms with Crippen molar-refractivity contribution in [3.8, 4) is 0 Å². The number of hydrogen-bond acceptors (Lipinski definition) is 6. The molecule has 0 unspecified atom stereocenters. The standard InChI is InChI=1S/C30H45N3O5Si/c1-20(2)8-7-9-21(3)12-15-33-25-11-10-23(32-16-14-31-19-27(32)35)18-24(25)30(29(33)36)22(4)28(39(5,6)37)26(38-30)13-17-34/h8,10-12,18,22,26,28,31,34,37H,7,9,13-17,19H2,1-6H3/b21-12+/t22-,26+,28-,30+/m1/s1. The van der Waals surface area contributed by atoms with Crippen LogP contribution >= 0.6 is 0 Å². The number of ether oxygens (including phenoxy) is 1. The maximum absolute atomic E-state index is 14.4. The lowest BCUT2D eigenvalue weighted by Crippen LogP contribution is -2.48. The molecule has 4 atom stereocenters. The summed E-state index contributed by atoms with van der Waals surface area (Å²) < 4.78 is 6.72. The lowest BCUT2D eigenvalue weighted by atomic mass is 9.82. The number of allylic oxidation sites excluding steroid dienone is 3. The largest absolute Gasteiger partial charge is 0.432 e. The molecule has 1 aromatic rings. The highest BCUT2D eigenvalue weighted by Gasteiger charge is 2.66. The van der Waals surface area contributed by atoms with Crippen molar-refractivity contribution in [2.24, 2.45) is 5.92 Å². The quantitative estimate of drug-likeness (QED) is 0.316. The highest BCUT2D eigenvalue weighted by Crippen LogP contribution is 2.60. The van der Waals surface area contributed by atoms with Gasteiger partial charge in [0.15, 0.2) is 13.9 Å². The second-order valence-electron chi connectivity index (χ2n) is 12.1. The average Bonchev–Trinajstić information content (AvgIpc) is 3.29. The maximum atomic E-state index is 14.4. The lowest BCUT2D eigenvalue weighted by molar-refractivity contribution is -0.146. The van der Waals surface area contributed by atoms with Crippen LogP contribution in [0.4, 0.5) is 11.4 Å². The first kappa shape index (κ1) is 29.7. The van der Waals surface area contributed by atoms with Crippen LogP contribution in [-0.2, 0) is 19.9 Å². The molecule has 9 heteroatoms. The molecule has 214 valence electrons. The van der Waals surface area contributed by atoms with E-state index in [1.54, 1.807) is 9.80 Å². The number of aliphatic hydroxyl groups excluding tert-OH is 1. The summed E-state index contributed by atoms with van der Waals surface area (Å²) in [7, 11) is -2.77. The van der Waals surface area contributed by atoms with Gasteiger partial charge in [0.2, 0.25) is 5.91 Å². The van der Waals surface area contributed by atoms with Crippen molar-refractivity contribution < 1.29 is 24.2 Å². The molecule has 2 saturated heterocycles. The molecular weight excluding hydrogens is 510 g/mol. The number of nitrogens with zero attached hydrogens (tertiary/aromatic N) is 2. The number of nitrogens with one attached hydrogen (secondary N) is 1. The summed E-state index contributed by atoms with van der Waals surface area (Å²) in [4.78, 5) is 42.0. The van der Waals surface area contributed by atoms with E-state index in [1.165, 1.54) is 11.1 Å². The van der Waals surface area contributed by atoms with E-state index < -0.39 is 20.0 Å². The first-order valence-electron chi connectivity index (χ1n) is 14.2. The van der Waals surface area contributed by atoms with Gasteiger partial charge in [-0.2, -0.15) is 0 Å². The molecule has 3 aliphatic rings. The Morgan fingerprint density at radius 1 is 1.23 bits per heavy atom. The van der Waals surface area contributed by atoms with Crippen LogP contribution in [0.25, 0.3) is 0 Å². The summed E-state index contributed by atoms with van der Waals surface area (Å²) in [5, 5.41) is 12.9. The van der Waals surface area contributed by atoms with Gasteiger partial charge in [-0.3, -0.25) is 9.59 Å². The first-order chi connectivity index (χ1) is 18.4. The molecule has 2 fully saturated rings. The van der Waals surface area contributed by atoms with E-state index in [9.17, 15) is 19.5 Å². The van der Waals surface area contributed by atoms with Crippen LogP contribution in [-0.4, -0.2) is 68.9 Å². The Balaban J connectivity index is 1.77. The third-order valence-electron chi connectivity index (χ3n) is 8.50. The van der Waals surface area contributed by atoms with Crippen molar-refractivity contribution >= 4 is 31.5 Å². The number of hydrogen-bond donors (Lipinski definition) is 3. The lowest BCUT2D eigenvalue weighted by Gasteiger charge is -2.33. The SMILES string of the molecule is CC(C)=CCC/C(C)=C/CN1C(=O)[C@@]2(O[C@@H](CCO)[C@H]([Si](C)(C)O)[C@H]2C)c2cc(N3CCNCC3=O)ccc21. The molecule has 4 rings (SSSR count). The van der Waals surface area contributed by atoms with Crippen molar-refractivity contribution in [1.82, 2.24) is 5.32 Å². The molecule has 3 heterocycles. The van der Waals surface area contributed by atoms with Gasteiger partial charge in [0.25, 0.3) is 5.91 Å². The van der Waals surface area contributed by atoms with Gasteiger partial charge >= 0.3 is 0 Å². The molecule has 2 amide bonds. The van der Waals surface area contributed by atoms with Crippen molar-refractivity contribution in [2.45, 2.75) is 77.3 Å². The molecule has 0 saturated carbocycles. The fourth-order valence-electron chi connectivity index (χ4n) is 6.63. The fraction of sp³-hybridized carbons (Fsp3) is 0.600. The van der Waals surface area contributed by atoms with E-state index >= 15 is 0 Å². The minimum Gasteiger partial charge on any atom is -0.432 e. The molecule has 0 aromatic heterocycles. The van der Waals surface area contributed by atoms with Crippen LogP contribution in [0, 0.1) is 5.92 Å². The normalized spacial score (nSPS) is 27.5. The van der Waals surface area contributed by atoms with Gasteiger partial charge in [-0.05, 0) is 71.3 Å². The Labute approximate surface area is 233 Å². The summed E-state index contributed by atoms with van der Waals surface area (Å²) in [6, 6.07) is 5.80. The van der Waals surface area contributed by atoms with Crippen LogP contribution in [0.3, 0.4) is 0 Å². The molecule has 3 aliphatic heterocycles. The Morgan fingerprint density at radius 3 is 2.62 bits per heavy atom. The molecule has 0 bridgehead atoms. The van der Waals surface area contributed by atoms with Crippen molar-refractivity contribution in [3.05, 3.63) is 47.1 Å². The molecule has 0 radical (unpaired) electrons. The molecule has 3 N–H and O–H groups in total. The van der Waals surface area contributed by atoms with E-state index in [1.807, 2.05) is 38.2 Å². The second-order valence-corrected chi connectivity index (χ2v) is 16.1. The minimum atomic E-state index is -2.77. The summed E-state index contributed by atoms with van der Waals surface area (Å²) >= 11 is 0. The molecule has 39 heavy (non-hydrogen) atoms. The van der Waals surface area contributed by atoms with Crippen LogP contribution in [0.15, 0.2) is 41.5 Å². The fourth-order valence-corrected chi connectivity index (χ4v) is 9.23. The Kier molecular flexibility index (Phi) is 8.88. The van der Waals surface area contributed by atoms with Gasteiger partial charge in [-0.15, -0.1) is 0 Å². The van der Waals surface area contributed by atoms with Crippen LogP contribution in [0.5, 0.6) is 0 Å². The zero-order chi connectivity index (χ0) is 28.5. The third kappa shape index (κ3) is 5.65. The molecule has 1 spiro atoms. The number of piperazine rings is 1. The molecule has 0 aliphatic carbocycles. The predicted octanol–water partition coefficient (Wildman–Crippen LogP) is 3.84. The summed E-state index contributed by atoms with van der Waals surface area (Å²) in [6.07, 6.45) is 6.14. The summed E-state index contributed by atoms with van der Waals surface area (Å²) in [6.45, 7) is 13.9. The number of rotatable bonds is 9. The molecule has 1 aromatic carbocycles.